The molecule has 3 fully saturated rings. The van der Waals surface area contributed by atoms with Crippen LogP contribution < -0.4 is 10.6 Å². The van der Waals surface area contributed by atoms with Crippen molar-refractivity contribution in [3.63, 3.8) is 0 Å². The number of anilines is 2. The molecule has 7 nitrogen and oxygen atoms in total. The van der Waals surface area contributed by atoms with Gasteiger partial charge < -0.3 is 20.8 Å². The van der Waals surface area contributed by atoms with Gasteiger partial charge >= 0.3 is 6.09 Å². The van der Waals surface area contributed by atoms with E-state index >= 15 is 0 Å². The molecule has 1 aromatic rings. The SMILES string of the molecule is Cc1cc(N)cnc1N1CCCC(C23CCC(CC(O)C2)N3C(=O)O)C1. The summed E-state index contributed by atoms with van der Waals surface area (Å²) in [5, 5.41) is 20.2. The van der Waals surface area contributed by atoms with Crippen molar-refractivity contribution in [1.29, 1.82) is 0 Å². The number of aromatic nitrogens is 1. The van der Waals surface area contributed by atoms with E-state index in [-0.39, 0.29) is 12.0 Å². The van der Waals surface area contributed by atoms with Gasteiger partial charge in [-0.3, -0.25) is 4.90 Å². The summed E-state index contributed by atoms with van der Waals surface area (Å²) in [5.41, 5.74) is 7.10. The number of rotatable bonds is 2. The van der Waals surface area contributed by atoms with E-state index < -0.39 is 17.7 Å². The van der Waals surface area contributed by atoms with Gasteiger partial charge in [-0.05, 0) is 57.1 Å². The van der Waals surface area contributed by atoms with Crippen LogP contribution in [0.1, 0.15) is 44.1 Å². The van der Waals surface area contributed by atoms with Crippen LogP contribution in [0.3, 0.4) is 0 Å². The van der Waals surface area contributed by atoms with Gasteiger partial charge in [0, 0.05) is 25.0 Å². The molecule has 0 aliphatic carbocycles. The van der Waals surface area contributed by atoms with Crippen molar-refractivity contribution in [2.75, 3.05) is 23.7 Å². The average molecular weight is 360 g/mol. The van der Waals surface area contributed by atoms with Gasteiger partial charge in [-0.15, -0.1) is 0 Å². The summed E-state index contributed by atoms with van der Waals surface area (Å²) in [6, 6.07) is 1.90. The predicted molar refractivity (Wildman–Crippen MR) is 99.2 cm³/mol. The number of carboxylic acid groups (broad SMARTS) is 1. The Morgan fingerprint density at radius 3 is 2.96 bits per heavy atom. The van der Waals surface area contributed by atoms with E-state index in [0.29, 0.717) is 18.5 Å². The molecule has 0 saturated carbocycles. The van der Waals surface area contributed by atoms with E-state index in [1.54, 1.807) is 11.1 Å². The van der Waals surface area contributed by atoms with Gasteiger partial charge in [-0.25, -0.2) is 9.78 Å². The summed E-state index contributed by atoms with van der Waals surface area (Å²) < 4.78 is 0. The zero-order valence-electron chi connectivity index (χ0n) is 15.3. The molecule has 26 heavy (non-hydrogen) atoms. The number of hydrogen-bond acceptors (Lipinski definition) is 5. The van der Waals surface area contributed by atoms with E-state index in [4.69, 9.17) is 5.73 Å². The Morgan fingerprint density at radius 1 is 1.42 bits per heavy atom. The number of piperidine rings is 2. The summed E-state index contributed by atoms with van der Waals surface area (Å²) in [4.78, 5) is 20.5. The van der Waals surface area contributed by atoms with Crippen LogP contribution in [0.15, 0.2) is 12.3 Å². The zero-order valence-corrected chi connectivity index (χ0v) is 15.3. The first-order valence-corrected chi connectivity index (χ1v) is 9.58. The van der Waals surface area contributed by atoms with Crippen LogP contribution in [0.5, 0.6) is 0 Å². The highest BCUT2D eigenvalue weighted by molar-refractivity contribution is 5.68. The van der Waals surface area contributed by atoms with Gasteiger partial charge in [0.1, 0.15) is 5.82 Å². The number of nitrogens with two attached hydrogens (primary N) is 1. The van der Waals surface area contributed by atoms with Gasteiger partial charge in [-0.1, -0.05) is 0 Å². The molecule has 4 rings (SSSR count). The lowest BCUT2D eigenvalue weighted by molar-refractivity contribution is -0.0390. The lowest BCUT2D eigenvalue weighted by Crippen LogP contribution is -2.62. The Bertz CT molecular complexity index is 712. The molecule has 0 spiro atoms. The van der Waals surface area contributed by atoms with Gasteiger partial charge in [0.05, 0.1) is 23.5 Å². The lowest BCUT2D eigenvalue weighted by Gasteiger charge is -2.52. The van der Waals surface area contributed by atoms with Crippen molar-refractivity contribution in [3.8, 4) is 0 Å². The minimum Gasteiger partial charge on any atom is -0.465 e. The maximum absolute atomic E-state index is 12.0. The van der Waals surface area contributed by atoms with Gasteiger partial charge in [0.25, 0.3) is 0 Å². The molecule has 1 aromatic heterocycles. The number of amides is 1. The van der Waals surface area contributed by atoms with Crippen molar-refractivity contribution in [2.45, 2.75) is 63.1 Å². The molecule has 7 heteroatoms. The molecule has 3 aliphatic rings. The van der Waals surface area contributed by atoms with Crippen LogP contribution in [0.2, 0.25) is 0 Å². The fourth-order valence-corrected chi connectivity index (χ4v) is 5.70. The molecule has 4 atom stereocenters. The molecule has 142 valence electrons. The number of carbonyl (C=O) groups is 1. The highest BCUT2D eigenvalue weighted by Gasteiger charge is 2.57. The van der Waals surface area contributed by atoms with E-state index in [1.807, 2.05) is 13.0 Å². The minimum atomic E-state index is -0.835. The van der Waals surface area contributed by atoms with E-state index in [2.05, 4.69) is 9.88 Å². The highest BCUT2D eigenvalue weighted by atomic mass is 16.4. The first-order valence-electron chi connectivity index (χ1n) is 9.58. The number of aryl methyl sites for hydroxylation is 1. The minimum absolute atomic E-state index is 0.0389. The number of nitrogens with zero attached hydrogens (tertiary/aromatic N) is 3. The second-order valence-corrected chi connectivity index (χ2v) is 8.24. The molecule has 3 saturated heterocycles. The maximum atomic E-state index is 12.0. The third-order valence-corrected chi connectivity index (χ3v) is 6.65. The smallest absolute Gasteiger partial charge is 0.408 e. The second-order valence-electron chi connectivity index (χ2n) is 8.24. The Kier molecular flexibility index (Phi) is 4.22. The van der Waals surface area contributed by atoms with Gasteiger partial charge in [0.15, 0.2) is 0 Å². The quantitative estimate of drug-likeness (QED) is 0.747. The largest absolute Gasteiger partial charge is 0.465 e. The summed E-state index contributed by atoms with van der Waals surface area (Å²) >= 11 is 0. The zero-order chi connectivity index (χ0) is 18.5. The number of aliphatic hydroxyl groups is 1. The summed E-state index contributed by atoms with van der Waals surface area (Å²) in [5.74, 6) is 1.15. The van der Waals surface area contributed by atoms with Crippen LogP contribution in [0.25, 0.3) is 0 Å². The van der Waals surface area contributed by atoms with E-state index in [0.717, 1.165) is 50.2 Å². The Balaban J connectivity index is 1.63. The number of nitrogen functional groups attached to an aromatic ring is 1. The van der Waals surface area contributed by atoms with Crippen molar-refractivity contribution in [1.82, 2.24) is 9.88 Å². The molecule has 1 amide bonds. The van der Waals surface area contributed by atoms with Gasteiger partial charge in [-0.2, -0.15) is 0 Å². The van der Waals surface area contributed by atoms with Crippen LogP contribution in [0, 0.1) is 12.8 Å². The van der Waals surface area contributed by atoms with Crippen molar-refractivity contribution in [2.24, 2.45) is 5.92 Å². The third kappa shape index (κ3) is 2.69. The monoisotopic (exact) mass is 360 g/mol. The number of aliphatic hydroxyl groups excluding tert-OH is 1. The number of pyridine rings is 1. The molecular weight excluding hydrogens is 332 g/mol. The van der Waals surface area contributed by atoms with E-state index in [1.165, 1.54) is 0 Å². The standard InChI is InChI=1S/C19H28N4O3/c1-12-7-14(20)10-21-17(12)22-6-2-3-13(11-22)19-5-4-15(8-16(24)9-19)23(19)18(25)26/h7,10,13,15-16,24H,2-6,8-9,11,20H2,1H3,(H,25,26). The topological polar surface area (TPSA) is 103 Å². The lowest BCUT2D eigenvalue weighted by atomic mass is 9.72. The molecule has 3 aliphatic heterocycles. The van der Waals surface area contributed by atoms with Crippen molar-refractivity contribution < 1.29 is 15.0 Å². The molecular formula is C19H28N4O3. The maximum Gasteiger partial charge on any atom is 0.408 e. The third-order valence-electron chi connectivity index (χ3n) is 6.65. The Labute approximate surface area is 153 Å². The van der Waals surface area contributed by atoms with Crippen molar-refractivity contribution in [3.05, 3.63) is 17.8 Å². The molecule has 4 heterocycles. The van der Waals surface area contributed by atoms with Crippen LogP contribution >= 0.6 is 0 Å². The average Bonchev–Trinajstić information content (AvgIpc) is 2.85. The first kappa shape index (κ1) is 17.4. The Morgan fingerprint density at radius 2 is 2.23 bits per heavy atom. The van der Waals surface area contributed by atoms with Crippen LogP contribution in [-0.2, 0) is 0 Å². The molecule has 0 aromatic carbocycles. The summed E-state index contributed by atoms with van der Waals surface area (Å²) in [7, 11) is 0. The second kappa shape index (κ2) is 6.30. The van der Waals surface area contributed by atoms with Gasteiger partial charge in [0.2, 0.25) is 0 Å². The summed E-state index contributed by atoms with van der Waals surface area (Å²) in [6.07, 6.45) is 5.30. The highest BCUT2D eigenvalue weighted by Crippen LogP contribution is 2.50. The number of hydrogen-bond donors (Lipinski definition) is 3. The normalized spacial score (nSPS) is 34.2. The molecule has 2 bridgehead atoms. The fraction of sp³-hybridized carbons (Fsp3) is 0.684. The molecule has 0 radical (unpaired) electrons. The molecule has 4 unspecified atom stereocenters. The van der Waals surface area contributed by atoms with E-state index in [9.17, 15) is 15.0 Å². The fourth-order valence-electron chi connectivity index (χ4n) is 5.70. The molecule has 4 N–H and O–H groups in total. The summed E-state index contributed by atoms with van der Waals surface area (Å²) in [6.45, 7) is 3.71. The predicted octanol–water partition coefficient (Wildman–Crippen LogP) is 2.22. The van der Waals surface area contributed by atoms with Crippen molar-refractivity contribution >= 4 is 17.6 Å². The van der Waals surface area contributed by atoms with Crippen LogP contribution in [-0.4, -0.2) is 57.0 Å². The Hall–Kier alpha value is -2.02. The number of fused-ring (bicyclic) bond motifs is 2. The van der Waals surface area contributed by atoms with Crippen LogP contribution in [0.4, 0.5) is 16.3 Å². The first-order chi connectivity index (χ1) is 12.4.